The second kappa shape index (κ2) is 6.49. The number of halogens is 2. The summed E-state index contributed by atoms with van der Waals surface area (Å²) in [6, 6.07) is 1.90. The lowest BCUT2D eigenvalue weighted by atomic mass is 9.85. The maximum absolute atomic E-state index is 14.5. The molecular formula is C19H21ClFN5O. The van der Waals surface area contributed by atoms with Crippen LogP contribution in [0.2, 0.25) is 5.02 Å². The summed E-state index contributed by atoms with van der Waals surface area (Å²) in [7, 11) is 0. The van der Waals surface area contributed by atoms with Gasteiger partial charge in [0.1, 0.15) is 11.5 Å². The number of aromatic nitrogens is 2. The zero-order valence-corrected chi connectivity index (χ0v) is 15.4. The maximum atomic E-state index is 14.5. The standard InChI is InChI=1S/C19H21ClFN5O/c20-11-4-12-13(6-23-17(12)22-5-11)18-24-7-15(21)19(26-18)25-16-10-2-1-9(3-10)14(16)8-27/h4-6,9-10,14,16,25,27H,1-3,7-8H2,(H,22,23)(H,24,26)/t9?,10?,14-,16+/m1/s1. The molecule has 3 heterocycles. The Morgan fingerprint density at radius 2 is 2.19 bits per heavy atom. The van der Waals surface area contributed by atoms with Crippen LogP contribution in [0.25, 0.3) is 11.0 Å². The first-order valence-electron chi connectivity index (χ1n) is 9.35. The summed E-state index contributed by atoms with van der Waals surface area (Å²) in [5.74, 6) is 1.73. The van der Waals surface area contributed by atoms with E-state index >= 15 is 0 Å². The Hall–Kier alpha value is -2.12. The van der Waals surface area contributed by atoms with E-state index in [1.54, 1.807) is 12.4 Å². The molecular weight excluding hydrogens is 369 g/mol. The summed E-state index contributed by atoms with van der Waals surface area (Å²) in [4.78, 5) is 11.9. The van der Waals surface area contributed by atoms with Gasteiger partial charge in [0.2, 0.25) is 0 Å². The first-order valence-corrected chi connectivity index (χ1v) is 9.73. The summed E-state index contributed by atoms with van der Waals surface area (Å²) in [6.07, 6.45) is 6.79. The molecule has 2 aromatic rings. The van der Waals surface area contributed by atoms with E-state index in [-0.39, 0.29) is 36.8 Å². The number of fused-ring (bicyclic) bond motifs is 3. The molecule has 0 saturated heterocycles. The molecule has 4 atom stereocenters. The largest absolute Gasteiger partial charge is 0.396 e. The molecule has 5 rings (SSSR count). The number of aliphatic imine (C=N–C) groups is 1. The normalized spacial score (nSPS) is 30.0. The minimum Gasteiger partial charge on any atom is -0.396 e. The third-order valence-electron chi connectivity index (χ3n) is 6.25. The van der Waals surface area contributed by atoms with Gasteiger partial charge in [-0.2, -0.15) is 0 Å². The Morgan fingerprint density at radius 3 is 3.04 bits per heavy atom. The topological polar surface area (TPSA) is 85.3 Å². The van der Waals surface area contributed by atoms with Gasteiger partial charge in [-0.1, -0.05) is 11.6 Å². The Kier molecular flexibility index (Phi) is 4.09. The molecule has 3 aliphatic rings. The molecule has 27 heavy (non-hydrogen) atoms. The molecule has 2 fully saturated rings. The van der Waals surface area contributed by atoms with E-state index < -0.39 is 0 Å². The van der Waals surface area contributed by atoms with Gasteiger partial charge < -0.3 is 20.7 Å². The smallest absolute Gasteiger partial charge is 0.162 e. The fourth-order valence-electron chi connectivity index (χ4n) is 4.95. The van der Waals surface area contributed by atoms with Crippen LogP contribution in [0.1, 0.15) is 24.8 Å². The maximum Gasteiger partial charge on any atom is 0.162 e. The van der Waals surface area contributed by atoms with E-state index in [0.717, 1.165) is 30.2 Å². The van der Waals surface area contributed by atoms with Gasteiger partial charge in [-0.3, -0.25) is 0 Å². The lowest BCUT2D eigenvalue weighted by molar-refractivity contribution is 0.147. The minimum atomic E-state index is -0.311. The van der Waals surface area contributed by atoms with Crippen LogP contribution in [0.15, 0.2) is 35.1 Å². The molecule has 0 aromatic carbocycles. The van der Waals surface area contributed by atoms with Gasteiger partial charge in [-0.05, 0) is 37.2 Å². The number of amidine groups is 1. The first kappa shape index (κ1) is 17.0. The second-order valence-corrected chi connectivity index (χ2v) is 8.11. The van der Waals surface area contributed by atoms with Gasteiger partial charge in [0.15, 0.2) is 11.6 Å². The third kappa shape index (κ3) is 2.80. The summed E-state index contributed by atoms with van der Waals surface area (Å²) in [6.45, 7) is 0.210. The van der Waals surface area contributed by atoms with Gasteiger partial charge in [0.25, 0.3) is 0 Å². The van der Waals surface area contributed by atoms with Crippen LogP contribution in [0.3, 0.4) is 0 Å². The van der Waals surface area contributed by atoms with Crippen LogP contribution >= 0.6 is 11.6 Å². The molecule has 6 nitrogen and oxygen atoms in total. The van der Waals surface area contributed by atoms with Crippen LogP contribution in [-0.2, 0) is 0 Å². The van der Waals surface area contributed by atoms with E-state index in [1.807, 2.05) is 6.07 Å². The average molecular weight is 390 g/mol. The lowest BCUT2D eigenvalue weighted by Gasteiger charge is -2.32. The van der Waals surface area contributed by atoms with Crippen molar-refractivity contribution in [2.24, 2.45) is 22.7 Å². The van der Waals surface area contributed by atoms with Gasteiger partial charge in [-0.25, -0.2) is 14.4 Å². The summed E-state index contributed by atoms with van der Waals surface area (Å²) in [5.41, 5.74) is 1.51. The highest BCUT2D eigenvalue weighted by atomic mass is 35.5. The van der Waals surface area contributed by atoms with E-state index in [4.69, 9.17) is 11.6 Å². The number of nitrogens with zero attached hydrogens (tertiary/aromatic N) is 2. The van der Waals surface area contributed by atoms with E-state index in [2.05, 4.69) is 25.6 Å². The monoisotopic (exact) mass is 389 g/mol. The minimum absolute atomic E-state index is 0.0758. The first-order chi connectivity index (χ1) is 13.1. The zero-order chi connectivity index (χ0) is 18.5. The van der Waals surface area contributed by atoms with Crippen molar-refractivity contribution in [2.75, 3.05) is 13.2 Å². The highest BCUT2D eigenvalue weighted by Gasteiger charge is 2.47. The van der Waals surface area contributed by atoms with Gasteiger partial charge in [0.05, 0.1) is 11.6 Å². The number of H-pyrrole nitrogens is 1. The number of pyridine rings is 1. The van der Waals surface area contributed by atoms with Crippen LogP contribution in [0.4, 0.5) is 4.39 Å². The summed E-state index contributed by atoms with van der Waals surface area (Å²) in [5, 5.41) is 17.5. The third-order valence-corrected chi connectivity index (χ3v) is 6.45. The van der Waals surface area contributed by atoms with E-state index in [9.17, 15) is 9.50 Å². The number of aromatic amines is 1. The Balaban J connectivity index is 1.46. The van der Waals surface area contributed by atoms with Gasteiger partial charge in [-0.15, -0.1) is 0 Å². The summed E-state index contributed by atoms with van der Waals surface area (Å²) < 4.78 is 14.5. The van der Waals surface area contributed by atoms with Crippen molar-refractivity contribution in [1.29, 1.82) is 0 Å². The molecule has 0 radical (unpaired) electrons. The second-order valence-electron chi connectivity index (χ2n) is 7.67. The lowest BCUT2D eigenvalue weighted by Crippen LogP contribution is -2.43. The number of aliphatic hydroxyl groups excluding tert-OH is 1. The number of aliphatic hydroxyl groups is 1. The van der Waals surface area contributed by atoms with Gasteiger partial charge in [0, 0.05) is 41.9 Å². The highest BCUT2D eigenvalue weighted by molar-refractivity contribution is 6.31. The molecule has 8 heteroatoms. The van der Waals surface area contributed by atoms with Crippen LogP contribution in [0.5, 0.6) is 0 Å². The van der Waals surface area contributed by atoms with Crippen molar-refractivity contribution >= 4 is 28.5 Å². The predicted octanol–water partition coefficient (Wildman–Crippen LogP) is 2.70. The molecule has 0 amide bonds. The van der Waals surface area contributed by atoms with Crippen molar-refractivity contribution in [1.82, 2.24) is 20.6 Å². The molecule has 2 unspecified atom stereocenters. The molecule has 2 saturated carbocycles. The summed E-state index contributed by atoms with van der Waals surface area (Å²) >= 11 is 6.08. The molecule has 2 aromatic heterocycles. The average Bonchev–Trinajstić information content (AvgIpc) is 3.37. The van der Waals surface area contributed by atoms with E-state index in [0.29, 0.717) is 28.3 Å². The quantitative estimate of drug-likeness (QED) is 0.647. The van der Waals surface area contributed by atoms with Crippen molar-refractivity contribution in [2.45, 2.75) is 25.3 Å². The van der Waals surface area contributed by atoms with Crippen molar-refractivity contribution in [3.05, 3.63) is 40.7 Å². The van der Waals surface area contributed by atoms with Crippen molar-refractivity contribution < 1.29 is 9.50 Å². The zero-order valence-electron chi connectivity index (χ0n) is 14.7. The van der Waals surface area contributed by atoms with Crippen molar-refractivity contribution in [3.63, 3.8) is 0 Å². The highest BCUT2D eigenvalue weighted by Crippen LogP contribution is 2.48. The van der Waals surface area contributed by atoms with E-state index in [1.165, 1.54) is 0 Å². The fraction of sp³-hybridized carbons (Fsp3) is 0.474. The predicted molar refractivity (Wildman–Crippen MR) is 102 cm³/mol. The molecule has 142 valence electrons. The molecule has 2 aliphatic carbocycles. The number of nitrogens with one attached hydrogen (secondary N) is 3. The van der Waals surface area contributed by atoms with Crippen LogP contribution in [0, 0.1) is 17.8 Å². The molecule has 2 bridgehead atoms. The SMILES string of the molecule is OC[C@@H]1C2CCC(C2)[C@@H]1NC1=C(F)CNC(c2c[nH]c3ncc(Cl)cc23)=N1. The molecule has 0 spiro atoms. The Bertz CT molecular complexity index is 955. The molecule has 4 N–H and O–H groups in total. The van der Waals surface area contributed by atoms with Crippen molar-refractivity contribution in [3.8, 4) is 0 Å². The van der Waals surface area contributed by atoms with Gasteiger partial charge >= 0.3 is 0 Å². The van der Waals surface area contributed by atoms with Crippen LogP contribution in [-0.4, -0.2) is 40.1 Å². The number of rotatable bonds is 4. The number of hydrogen-bond donors (Lipinski definition) is 4. The Labute approximate surface area is 160 Å². The molecule has 1 aliphatic heterocycles. The number of hydrogen-bond acceptors (Lipinski definition) is 5. The van der Waals surface area contributed by atoms with Crippen LogP contribution < -0.4 is 10.6 Å². The fourth-order valence-corrected chi connectivity index (χ4v) is 5.11. The Morgan fingerprint density at radius 1 is 1.33 bits per heavy atom.